The molecule has 0 radical (unpaired) electrons. The van der Waals surface area contributed by atoms with Crippen molar-refractivity contribution in [1.82, 2.24) is 40.3 Å². The number of fused-ring (bicyclic) bond motifs is 1. The molecular weight excluding hydrogens is 976 g/mol. The average Bonchev–Trinajstić information content (AvgIpc) is 3.77. The summed E-state index contributed by atoms with van der Waals surface area (Å²) in [4.78, 5) is 78.9. The molecule has 396 valence electrons. The molecule has 2 saturated heterocycles. The first-order valence-electron chi connectivity index (χ1n) is 24.7. The number of pyridine rings is 2. The van der Waals surface area contributed by atoms with Crippen molar-refractivity contribution in [1.29, 1.82) is 0 Å². The number of halogens is 1. The Morgan fingerprint density at radius 1 is 0.932 bits per heavy atom. The number of aliphatic hydroxyl groups is 1. The smallest absolute Gasteiger partial charge is 0.259 e. The summed E-state index contributed by atoms with van der Waals surface area (Å²) in [5, 5.41) is 20.4. The molecule has 8 rings (SSSR count). The van der Waals surface area contributed by atoms with Crippen LogP contribution in [-0.2, 0) is 48.8 Å². The molecule has 1 aliphatic carbocycles. The van der Waals surface area contributed by atoms with Gasteiger partial charge in [-0.25, -0.2) is 9.37 Å². The molecule has 21 heteroatoms. The second-order valence-electron chi connectivity index (χ2n) is 20.2. The summed E-state index contributed by atoms with van der Waals surface area (Å²) in [5.74, 6) is -0.336. The fraction of sp³-hybridized carbons (Fsp3) is 0.491. The van der Waals surface area contributed by atoms with Crippen molar-refractivity contribution in [2.75, 3.05) is 66.9 Å². The van der Waals surface area contributed by atoms with E-state index in [0.717, 1.165) is 38.2 Å². The van der Waals surface area contributed by atoms with Gasteiger partial charge in [-0.05, 0) is 60.4 Å². The zero-order valence-electron chi connectivity index (χ0n) is 42.8. The fourth-order valence-corrected chi connectivity index (χ4v) is 10.1. The Balaban J connectivity index is 0.778. The van der Waals surface area contributed by atoms with Crippen LogP contribution in [0.4, 0.5) is 4.39 Å². The summed E-state index contributed by atoms with van der Waals surface area (Å²) < 4.78 is 45.4. The van der Waals surface area contributed by atoms with Gasteiger partial charge in [0.05, 0.1) is 67.7 Å². The van der Waals surface area contributed by atoms with E-state index in [9.17, 15) is 33.5 Å². The van der Waals surface area contributed by atoms with Gasteiger partial charge in [-0.3, -0.25) is 33.9 Å². The Labute approximate surface area is 432 Å². The van der Waals surface area contributed by atoms with Crippen molar-refractivity contribution < 1.29 is 52.4 Å². The predicted octanol–water partition coefficient (Wildman–Crippen LogP) is 4.07. The molecule has 3 aromatic heterocycles. The van der Waals surface area contributed by atoms with Crippen LogP contribution in [0.15, 0.2) is 65.3 Å². The lowest BCUT2D eigenvalue weighted by atomic mass is 9.85. The lowest BCUT2D eigenvalue weighted by Crippen LogP contribution is -2.59. The first kappa shape index (κ1) is 53.8. The first-order valence-corrected chi connectivity index (χ1v) is 25.5. The number of thiazole rings is 1. The number of nitrogens with one attached hydrogen (secondary N) is 3. The number of benzene rings is 2. The van der Waals surface area contributed by atoms with Crippen LogP contribution < -0.4 is 35.7 Å². The van der Waals surface area contributed by atoms with E-state index in [1.54, 1.807) is 66.1 Å². The molecule has 3 atom stereocenters. The molecule has 2 aromatic carbocycles. The van der Waals surface area contributed by atoms with Gasteiger partial charge in [0.2, 0.25) is 17.7 Å². The van der Waals surface area contributed by atoms with E-state index in [2.05, 4.69) is 30.8 Å². The molecule has 5 aromatic rings. The fourth-order valence-electron chi connectivity index (χ4n) is 9.29. The second kappa shape index (κ2) is 22.9. The molecule has 3 unspecified atom stereocenters. The van der Waals surface area contributed by atoms with Crippen LogP contribution in [-0.4, -0.2) is 150 Å². The van der Waals surface area contributed by atoms with E-state index in [1.807, 2.05) is 43.3 Å². The molecule has 74 heavy (non-hydrogen) atoms. The molecule has 2 aliphatic heterocycles. The number of rotatable bonds is 22. The number of carbonyl (C=O) groups excluding carboxylic acids is 4. The number of hydrogen-bond acceptors (Lipinski definition) is 15. The number of alkyl halides is 1. The Hall–Kier alpha value is -6.52. The van der Waals surface area contributed by atoms with Gasteiger partial charge in [0.15, 0.2) is 5.67 Å². The number of nitrogens with zero attached hydrogens (tertiary/aromatic N) is 5. The summed E-state index contributed by atoms with van der Waals surface area (Å²) >= 11 is 1.49. The number of ether oxygens (including phenoxy) is 5. The molecule has 4 N–H and O–H groups in total. The number of aromatic nitrogens is 3. The van der Waals surface area contributed by atoms with Crippen molar-refractivity contribution in [3.63, 3.8) is 0 Å². The van der Waals surface area contributed by atoms with Gasteiger partial charge in [0.25, 0.3) is 11.5 Å². The number of aliphatic hydroxyl groups excluding tert-OH is 1. The zero-order valence-corrected chi connectivity index (χ0v) is 43.6. The summed E-state index contributed by atoms with van der Waals surface area (Å²) in [7, 11) is 4.93. The first-order chi connectivity index (χ1) is 35.4. The van der Waals surface area contributed by atoms with Crippen molar-refractivity contribution in [3.8, 4) is 38.8 Å². The lowest BCUT2D eigenvalue weighted by molar-refractivity contribution is -0.145. The molecule has 19 nitrogen and oxygen atoms in total. The van der Waals surface area contributed by atoms with E-state index in [0.29, 0.717) is 47.8 Å². The Morgan fingerprint density at radius 3 is 2.38 bits per heavy atom. The van der Waals surface area contributed by atoms with Gasteiger partial charge in [-0.1, -0.05) is 32.9 Å². The van der Waals surface area contributed by atoms with E-state index in [1.165, 1.54) is 20.8 Å². The monoisotopic (exact) mass is 1040 g/mol. The number of likely N-dealkylation sites (tertiary alicyclic amines) is 2. The van der Waals surface area contributed by atoms with Crippen LogP contribution in [0.3, 0.4) is 0 Å². The topological polar surface area (TPSA) is 225 Å². The standard InChI is InChI=1S/C53H65FN8O11S/c1-31-46(74-30-57-31)32-8-9-33(22-56-48(65)41-20-36(63)27-62(41)50(67)47(52(2,3)4)59-51(68)53(54)11-12-53)43(18-32)73-17-16-71-14-15-72-29-45(64)58-35-25-61(26-35)24-34-19-44(70-7)38(21-42(34)69-6)40-28-60(5)49(66)39-23-55-13-10-37(39)40/h8-10,13,18-19,21,23,28,30,35-36,41,47,63H,11-12,14-17,20,22,24-27,29H2,1-7H3,(H,56,65)(H,58,64)(H,59,68). The highest BCUT2D eigenvalue weighted by molar-refractivity contribution is 7.13. The van der Waals surface area contributed by atoms with Crippen LogP contribution in [0.5, 0.6) is 17.2 Å². The van der Waals surface area contributed by atoms with Crippen LogP contribution >= 0.6 is 11.3 Å². The van der Waals surface area contributed by atoms with Crippen LogP contribution in [0.2, 0.25) is 0 Å². The van der Waals surface area contributed by atoms with E-state index < -0.39 is 47.0 Å². The maximum atomic E-state index is 14.6. The van der Waals surface area contributed by atoms with Gasteiger partial charge in [-0.2, -0.15) is 0 Å². The quantitative estimate of drug-likeness (QED) is 0.0718. The van der Waals surface area contributed by atoms with Gasteiger partial charge >= 0.3 is 0 Å². The minimum atomic E-state index is -1.99. The summed E-state index contributed by atoms with van der Waals surface area (Å²) in [6.07, 6.45) is 4.23. The largest absolute Gasteiger partial charge is 0.496 e. The molecule has 3 aliphatic rings. The predicted molar refractivity (Wildman–Crippen MR) is 275 cm³/mol. The summed E-state index contributed by atoms with van der Waals surface area (Å²) in [6, 6.07) is 9.14. The highest BCUT2D eigenvalue weighted by Gasteiger charge is 2.53. The summed E-state index contributed by atoms with van der Waals surface area (Å²) in [6.45, 7) is 9.56. The molecular formula is C53H65FN8O11S. The normalized spacial score (nSPS) is 17.9. The van der Waals surface area contributed by atoms with Crippen molar-refractivity contribution >= 4 is 45.7 Å². The number of amides is 4. The Kier molecular flexibility index (Phi) is 16.7. The third-order valence-corrected chi connectivity index (χ3v) is 14.5. The second-order valence-corrected chi connectivity index (χ2v) is 21.0. The maximum absolute atomic E-state index is 14.6. The molecule has 3 fully saturated rings. The number of methoxy groups -OCH3 is 2. The molecule has 4 amide bonds. The van der Waals surface area contributed by atoms with Crippen molar-refractivity contribution in [2.45, 2.75) is 89.9 Å². The maximum Gasteiger partial charge on any atom is 0.259 e. The van der Waals surface area contributed by atoms with Gasteiger partial charge in [0.1, 0.15) is 42.5 Å². The van der Waals surface area contributed by atoms with Crippen molar-refractivity contribution in [3.05, 3.63) is 87.7 Å². The number of β-amino-alcohol motifs (C(OH)–C–C–N with tert-alkyl or cyclic N) is 1. The van der Waals surface area contributed by atoms with Gasteiger partial charge in [0, 0.05) is 87.0 Å². The Bertz CT molecular complexity index is 2930. The minimum absolute atomic E-state index is 0.00245. The number of hydrogen-bond donors (Lipinski definition) is 4. The van der Waals surface area contributed by atoms with Gasteiger partial charge in [-0.15, -0.1) is 11.3 Å². The number of aryl methyl sites for hydroxylation is 2. The third-order valence-electron chi connectivity index (χ3n) is 13.6. The number of carbonyl (C=O) groups is 4. The lowest BCUT2D eigenvalue weighted by Gasteiger charge is -2.39. The Morgan fingerprint density at radius 2 is 1.68 bits per heavy atom. The molecule has 0 bridgehead atoms. The third kappa shape index (κ3) is 12.3. The highest BCUT2D eigenvalue weighted by atomic mass is 32.1. The molecule has 1 saturated carbocycles. The zero-order chi connectivity index (χ0) is 52.9. The van der Waals surface area contributed by atoms with E-state index in [4.69, 9.17) is 23.7 Å². The van der Waals surface area contributed by atoms with Crippen LogP contribution in [0, 0.1) is 12.3 Å². The van der Waals surface area contributed by atoms with E-state index >= 15 is 0 Å². The summed E-state index contributed by atoms with van der Waals surface area (Å²) in [5.41, 5.74) is 3.73. The minimum Gasteiger partial charge on any atom is -0.496 e. The van der Waals surface area contributed by atoms with E-state index in [-0.39, 0.29) is 82.9 Å². The SMILES string of the molecule is COc1cc(-c2cn(C)c(=O)c3cnccc23)c(OC)cc1CN1CC(NC(=O)COCCOCCOc2cc(-c3scnc3C)ccc2CNC(=O)C2CC(O)CN2C(=O)C(NC(=O)C2(F)CC2)C(C)(C)C)C1. The van der Waals surface area contributed by atoms with Gasteiger partial charge < -0.3 is 54.2 Å². The molecule has 0 spiro atoms. The molecule has 5 heterocycles. The average molecular weight is 1040 g/mol. The van der Waals surface area contributed by atoms with Crippen LogP contribution in [0.1, 0.15) is 56.9 Å². The highest BCUT2D eigenvalue weighted by Crippen LogP contribution is 2.41. The van der Waals surface area contributed by atoms with Crippen molar-refractivity contribution in [2.24, 2.45) is 12.5 Å². The van der Waals surface area contributed by atoms with Crippen LogP contribution in [0.25, 0.3) is 32.3 Å².